The first-order valence-corrected chi connectivity index (χ1v) is 12.8. The van der Waals surface area contributed by atoms with Crippen LogP contribution in [0.15, 0.2) is 30.5 Å². The Morgan fingerprint density at radius 1 is 0.950 bits per heavy atom. The molecule has 10 N–H and O–H groups in total. The molecular weight excluding hydrogens is 524 g/mol. The topological polar surface area (TPSA) is 247 Å². The number of nitrogens with one attached hydrogen (secondary N) is 4. The molecule has 1 aromatic carbocycles. The second-order valence-electron chi connectivity index (χ2n) is 9.61. The number of amides is 4. The van der Waals surface area contributed by atoms with Crippen molar-refractivity contribution >= 4 is 46.5 Å². The number of benzene rings is 1. The molecule has 1 heterocycles. The minimum absolute atomic E-state index is 0.0518. The van der Waals surface area contributed by atoms with Crippen LogP contribution in [-0.4, -0.2) is 74.9 Å². The number of carbonyl (C=O) groups is 6. The average molecular weight is 561 g/mol. The van der Waals surface area contributed by atoms with Crippen LogP contribution in [-0.2, 0) is 35.2 Å². The Morgan fingerprint density at radius 2 is 1.60 bits per heavy atom. The van der Waals surface area contributed by atoms with E-state index >= 15 is 0 Å². The van der Waals surface area contributed by atoms with E-state index in [0.717, 1.165) is 10.9 Å². The van der Waals surface area contributed by atoms with E-state index in [1.54, 1.807) is 26.1 Å². The third-order valence-corrected chi connectivity index (χ3v) is 6.55. The number of carbonyl (C=O) groups excluding carboxylic acids is 4. The first-order valence-electron chi connectivity index (χ1n) is 12.8. The Labute approximate surface area is 230 Å². The predicted molar refractivity (Wildman–Crippen MR) is 144 cm³/mol. The van der Waals surface area contributed by atoms with Gasteiger partial charge in [-0.3, -0.25) is 24.0 Å². The molecule has 0 radical (unpaired) electrons. The summed E-state index contributed by atoms with van der Waals surface area (Å²) in [5.41, 5.74) is 12.4. The minimum atomic E-state index is -1.62. The lowest BCUT2D eigenvalue weighted by Gasteiger charge is -2.28. The lowest BCUT2D eigenvalue weighted by molar-refractivity contribution is -0.143. The van der Waals surface area contributed by atoms with Gasteiger partial charge in [-0.15, -0.1) is 0 Å². The van der Waals surface area contributed by atoms with E-state index < -0.39 is 72.1 Å². The van der Waals surface area contributed by atoms with Crippen LogP contribution in [0.25, 0.3) is 10.9 Å². The molecule has 0 spiro atoms. The summed E-state index contributed by atoms with van der Waals surface area (Å²) in [6.07, 6.45) is 0.931. The van der Waals surface area contributed by atoms with E-state index in [1.165, 1.54) is 0 Å². The molecular formula is C26H36N6O8. The van der Waals surface area contributed by atoms with Gasteiger partial charge in [-0.25, -0.2) is 4.79 Å². The van der Waals surface area contributed by atoms with Gasteiger partial charge in [0.25, 0.3) is 0 Å². The molecule has 4 amide bonds. The Hall–Kier alpha value is -4.46. The lowest BCUT2D eigenvalue weighted by Crippen LogP contribution is -2.59. The van der Waals surface area contributed by atoms with Gasteiger partial charge in [0.2, 0.25) is 23.6 Å². The quantitative estimate of drug-likeness (QED) is 0.130. The molecule has 2 rings (SSSR count). The molecule has 5 atom stereocenters. The van der Waals surface area contributed by atoms with Gasteiger partial charge in [-0.05, 0) is 24.0 Å². The maximum absolute atomic E-state index is 13.4. The third kappa shape index (κ3) is 9.08. The molecule has 0 aliphatic carbocycles. The summed E-state index contributed by atoms with van der Waals surface area (Å²) in [6.45, 7) is 3.49. The number of H-pyrrole nitrogens is 1. The number of aromatic amines is 1. The number of rotatable bonds is 16. The van der Waals surface area contributed by atoms with Crippen molar-refractivity contribution in [2.75, 3.05) is 0 Å². The van der Waals surface area contributed by atoms with E-state index in [9.17, 15) is 33.9 Å². The molecule has 40 heavy (non-hydrogen) atoms. The number of primary amides is 1. The summed E-state index contributed by atoms with van der Waals surface area (Å²) < 4.78 is 0. The highest BCUT2D eigenvalue weighted by molar-refractivity contribution is 5.95. The van der Waals surface area contributed by atoms with E-state index in [1.807, 2.05) is 18.2 Å². The summed E-state index contributed by atoms with van der Waals surface area (Å²) in [6, 6.07) is 2.01. The van der Waals surface area contributed by atoms with Crippen molar-refractivity contribution in [3.8, 4) is 0 Å². The van der Waals surface area contributed by atoms with Crippen LogP contribution in [0.4, 0.5) is 0 Å². The number of fused-ring (bicyclic) bond motifs is 1. The van der Waals surface area contributed by atoms with Crippen molar-refractivity contribution in [1.82, 2.24) is 20.9 Å². The van der Waals surface area contributed by atoms with Crippen LogP contribution in [0.3, 0.4) is 0 Å². The van der Waals surface area contributed by atoms with Gasteiger partial charge in [0.05, 0.1) is 12.5 Å². The van der Waals surface area contributed by atoms with Crippen LogP contribution >= 0.6 is 0 Å². The maximum Gasteiger partial charge on any atom is 0.326 e. The summed E-state index contributed by atoms with van der Waals surface area (Å²) in [4.78, 5) is 76.2. The molecule has 0 aliphatic heterocycles. The van der Waals surface area contributed by atoms with Gasteiger partial charge < -0.3 is 42.6 Å². The molecule has 0 bridgehead atoms. The monoisotopic (exact) mass is 560 g/mol. The van der Waals surface area contributed by atoms with Crippen molar-refractivity contribution in [3.63, 3.8) is 0 Å². The van der Waals surface area contributed by atoms with Crippen molar-refractivity contribution in [3.05, 3.63) is 36.0 Å². The van der Waals surface area contributed by atoms with Gasteiger partial charge in [0, 0.05) is 29.9 Å². The van der Waals surface area contributed by atoms with E-state index in [4.69, 9.17) is 16.6 Å². The molecule has 218 valence electrons. The first kappa shape index (κ1) is 31.8. The number of para-hydroxylation sites is 1. The predicted octanol–water partition coefficient (Wildman–Crippen LogP) is -0.637. The second kappa shape index (κ2) is 14.6. The number of aromatic nitrogens is 1. The van der Waals surface area contributed by atoms with Crippen molar-refractivity contribution in [2.45, 2.75) is 70.1 Å². The van der Waals surface area contributed by atoms with Gasteiger partial charge in [0.15, 0.2) is 0 Å². The molecule has 1 aromatic heterocycles. The Kier molecular flexibility index (Phi) is 11.6. The molecule has 2 aromatic rings. The summed E-state index contributed by atoms with van der Waals surface area (Å²) in [7, 11) is 0. The highest BCUT2D eigenvalue weighted by Gasteiger charge is 2.33. The summed E-state index contributed by atoms with van der Waals surface area (Å²) in [5.74, 6) is -6.29. The number of carboxylic acids is 2. The van der Waals surface area contributed by atoms with E-state index in [-0.39, 0.29) is 19.3 Å². The van der Waals surface area contributed by atoms with Crippen molar-refractivity contribution in [1.29, 1.82) is 0 Å². The molecule has 0 aliphatic rings. The minimum Gasteiger partial charge on any atom is -0.481 e. The lowest BCUT2D eigenvalue weighted by atomic mass is 9.96. The first-order chi connectivity index (χ1) is 18.8. The van der Waals surface area contributed by atoms with Crippen molar-refractivity contribution < 1.29 is 39.0 Å². The summed E-state index contributed by atoms with van der Waals surface area (Å²) in [5, 5.41) is 26.5. The van der Waals surface area contributed by atoms with Gasteiger partial charge >= 0.3 is 11.9 Å². The zero-order valence-corrected chi connectivity index (χ0v) is 22.3. The number of aliphatic carboxylic acids is 2. The fourth-order valence-electron chi connectivity index (χ4n) is 4.04. The Balaban J connectivity index is 2.32. The second-order valence-corrected chi connectivity index (χ2v) is 9.61. The maximum atomic E-state index is 13.4. The fraction of sp³-hybridized carbons (Fsp3) is 0.462. The number of hydrogen-bond donors (Lipinski definition) is 8. The van der Waals surface area contributed by atoms with Crippen LogP contribution in [0, 0.1) is 5.92 Å². The standard InChI is InChI=1S/C26H36N6O8/c1-3-13(2)22(32-23(36)16(27)8-9-21(34)35)25(38)30-18(24(37)31-19(26(39)40)11-20(28)33)10-14-12-29-17-7-5-4-6-15(14)17/h4-7,12-13,16,18-19,22,29H,3,8-11,27H2,1-2H3,(H2,28,33)(H,30,38)(H,31,37)(H,32,36)(H,34,35)(H,39,40). The molecule has 0 fully saturated rings. The van der Waals surface area contributed by atoms with Crippen LogP contribution in [0.1, 0.15) is 45.1 Å². The van der Waals surface area contributed by atoms with Gasteiger partial charge in [-0.2, -0.15) is 0 Å². The third-order valence-electron chi connectivity index (χ3n) is 6.55. The van der Waals surface area contributed by atoms with Gasteiger partial charge in [0.1, 0.15) is 18.1 Å². The van der Waals surface area contributed by atoms with Crippen LogP contribution < -0.4 is 27.4 Å². The zero-order chi connectivity index (χ0) is 30.0. The SMILES string of the molecule is CCC(C)C(NC(=O)C(N)CCC(=O)O)C(=O)NC(Cc1c[nH]c2ccccc12)C(=O)NC(CC(N)=O)C(=O)O. The smallest absolute Gasteiger partial charge is 0.326 e. The Morgan fingerprint density at radius 3 is 2.20 bits per heavy atom. The largest absolute Gasteiger partial charge is 0.481 e. The van der Waals surface area contributed by atoms with E-state index in [0.29, 0.717) is 12.0 Å². The summed E-state index contributed by atoms with van der Waals surface area (Å²) >= 11 is 0. The number of hydrogen-bond acceptors (Lipinski definition) is 7. The van der Waals surface area contributed by atoms with Crippen LogP contribution in [0.2, 0.25) is 0 Å². The number of carboxylic acid groups (broad SMARTS) is 2. The molecule has 0 saturated carbocycles. The van der Waals surface area contributed by atoms with Crippen molar-refractivity contribution in [2.24, 2.45) is 17.4 Å². The van der Waals surface area contributed by atoms with Crippen LogP contribution in [0.5, 0.6) is 0 Å². The normalized spacial score (nSPS) is 14.8. The highest BCUT2D eigenvalue weighted by atomic mass is 16.4. The molecule has 0 saturated heterocycles. The zero-order valence-electron chi connectivity index (χ0n) is 22.3. The molecule has 5 unspecified atom stereocenters. The molecule has 14 nitrogen and oxygen atoms in total. The average Bonchev–Trinajstić information content (AvgIpc) is 3.31. The highest BCUT2D eigenvalue weighted by Crippen LogP contribution is 2.20. The fourth-order valence-corrected chi connectivity index (χ4v) is 4.04. The Bertz CT molecular complexity index is 1240. The van der Waals surface area contributed by atoms with E-state index in [2.05, 4.69) is 20.9 Å². The number of nitrogens with two attached hydrogens (primary N) is 2. The molecule has 14 heteroatoms. The van der Waals surface area contributed by atoms with Gasteiger partial charge in [-0.1, -0.05) is 38.5 Å².